The highest BCUT2D eigenvalue weighted by Crippen LogP contribution is 2.22. The van der Waals surface area contributed by atoms with Crippen LogP contribution in [0.15, 0.2) is 0 Å². The van der Waals surface area contributed by atoms with Crippen molar-refractivity contribution in [3.63, 3.8) is 0 Å². The molecule has 0 unspecified atom stereocenters. The molecule has 1 rings (SSSR count). The maximum Gasteiger partial charge on any atom is 0.0228 e. The Hall–Kier alpha value is 0.620. The van der Waals surface area contributed by atoms with E-state index in [2.05, 4.69) is 0 Å². The Labute approximate surface area is 57.5 Å². The monoisotopic (exact) mass is 150 g/mol. The molecule has 0 aromatic heterocycles. The van der Waals surface area contributed by atoms with E-state index in [1.165, 1.54) is 11.5 Å². The van der Waals surface area contributed by atoms with Crippen molar-refractivity contribution in [2.45, 2.75) is 0 Å². The molecule has 0 spiro atoms. The van der Waals surface area contributed by atoms with Gasteiger partial charge in [-0.25, -0.2) is 5.01 Å². The minimum atomic E-state index is 1.04. The van der Waals surface area contributed by atoms with Crippen LogP contribution in [0.4, 0.5) is 0 Å². The summed E-state index contributed by atoms with van der Waals surface area (Å²) in [5, 5.41) is 1.88. The fourth-order valence-corrected chi connectivity index (χ4v) is 2.55. The molecule has 0 atom stereocenters. The number of hydrazine groups is 1. The highest BCUT2D eigenvalue weighted by molar-refractivity contribution is 8.76. The first-order valence-corrected chi connectivity index (χ1v) is 5.12. The van der Waals surface area contributed by atoms with Crippen LogP contribution >= 0.6 is 21.6 Å². The van der Waals surface area contributed by atoms with E-state index in [1.54, 1.807) is 0 Å². The van der Waals surface area contributed by atoms with Gasteiger partial charge in [-0.1, -0.05) is 21.6 Å². The minimum absolute atomic E-state index is 1.04. The Morgan fingerprint density at radius 2 is 1.62 bits per heavy atom. The van der Waals surface area contributed by atoms with E-state index in [0.717, 1.165) is 13.1 Å². The Morgan fingerprint density at radius 3 is 2.12 bits per heavy atom. The van der Waals surface area contributed by atoms with Gasteiger partial charge < -0.3 is 0 Å². The molecule has 0 saturated carbocycles. The third-order valence-corrected chi connectivity index (χ3v) is 3.37. The van der Waals surface area contributed by atoms with E-state index in [4.69, 9.17) is 5.84 Å². The molecule has 1 saturated heterocycles. The molecule has 1 aliphatic rings. The van der Waals surface area contributed by atoms with Crippen molar-refractivity contribution < 1.29 is 0 Å². The number of nitrogens with zero attached hydrogens (tertiary/aromatic N) is 1. The highest BCUT2D eigenvalue weighted by atomic mass is 33.1. The number of hydrogen-bond acceptors (Lipinski definition) is 4. The molecule has 0 bridgehead atoms. The summed E-state index contributed by atoms with van der Waals surface area (Å²) >= 11 is 0. The van der Waals surface area contributed by atoms with Crippen LogP contribution in [0.25, 0.3) is 0 Å². The first-order chi connectivity index (χ1) is 3.89. The largest absolute Gasteiger partial charge is 0.269 e. The summed E-state index contributed by atoms with van der Waals surface area (Å²) in [5.74, 6) is 7.88. The van der Waals surface area contributed by atoms with Crippen LogP contribution in [0, 0.1) is 0 Å². The molecule has 48 valence electrons. The predicted molar refractivity (Wildman–Crippen MR) is 40.7 cm³/mol. The maximum absolute atomic E-state index is 5.54. The molecule has 2 nitrogen and oxygen atoms in total. The van der Waals surface area contributed by atoms with Gasteiger partial charge >= 0.3 is 0 Å². The predicted octanol–water partition coefficient (Wildman–Crippen LogP) is 0.557. The molecule has 0 radical (unpaired) electrons. The van der Waals surface area contributed by atoms with Crippen LogP contribution in [0.5, 0.6) is 0 Å². The molecular formula is C4H10N2S2. The van der Waals surface area contributed by atoms with Crippen LogP contribution in [-0.2, 0) is 0 Å². The molecule has 1 heterocycles. The summed E-state index contributed by atoms with van der Waals surface area (Å²) in [6, 6.07) is 0. The lowest BCUT2D eigenvalue weighted by molar-refractivity contribution is 0.323. The van der Waals surface area contributed by atoms with E-state index < -0.39 is 0 Å². The van der Waals surface area contributed by atoms with Crippen LogP contribution in [0.1, 0.15) is 0 Å². The van der Waals surface area contributed by atoms with Gasteiger partial charge in [0.2, 0.25) is 0 Å². The van der Waals surface area contributed by atoms with Crippen molar-refractivity contribution in [1.82, 2.24) is 5.01 Å². The normalized spacial score (nSPS) is 25.1. The molecule has 0 amide bonds. The molecule has 2 N–H and O–H groups in total. The fourth-order valence-electron chi connectivity index (χ4n) is 0.539. The van der Waals surface area contributed by atoms with Gasteiger partial charge in [-0.3, -0.25) is 5.84 Å². The second-order valence-electron chi connectivity index (χ2n) is 1.68. The van der Waals surface area contributed by atoms with Crippen LogP contribution in [-0.4, -0.2) is 29.6 Å². The molecule has 0 aromatic rings. The average molecular weight is 150 g/mol. The van der Waals surface area contributed by atoms with E-state index in [-0.39, 0.29) is 0 Å². The summed E-state index contributed by atoms with van der Waals surface area (Å²) in [7, 11) is 3.83. The molecule has 0 aromatic carbocycles. The van der Waals surface area contributed by atoms with Crippen molar-refractivity contribution in [3.05, 3.63) is 0 Å². The smallest absolute Gasteiger partial charge is 0.0228 e. The van der Waals surface area contributed by atoms with Gasteiger partial charge in [-0.2, -0.15) is 0 Å². The highest BCUT2D eigenvalue weighted by Gasteiger charge is 2.03. The van der Waals surface area contributed by atoms with Crippen molar-refractivity contribution in [2.24, 2.45) is 5.84 Å². The SMILES string of the molecule is NN1CCSSCC1. The average Bonchev–Trinajstić information content (AvgIpc) is 1.94. The Balaban J connectivity index is 2.17. The second kappa shape index (κ2) is 3.61. The summed E-state index contributed by atoms with van der Waals surface area (Å²) < 4.78 is 0. The molecule has 4 heteroatoms. The lowest BCUT2D eigenvalue weighted by atomic mass is 10.6. The summed E-state index contributed by atoms with van der Waals surface area (Å²) in [4.78, 5) is 0. The maximum atomic E-state index is 5.54. The molecule has 1 aliphatic heterocycles. The van der Waals surface area contributed by atoms with Crippen LogP contribution in [0.3, 0.4) is 0 Å². The third kappa shape index (κ3) is 2.26. The van der Waals surface area contributed by atoms with Crippen molar-refractivity contribution in [2.75, 3.05) is 24.6 Å². The second-order valence-corrected chi connectivity index (χ2v) is 4.38. The van der Waals surface area contributed by atoms with E-state index in [0.29, 0.717) is 0 Å². The molecular weight excluding hydrogens is 140 g/mol. The zero-order valence-electron chi connectivity index (χ0n) is 4.67. The van der Waals surface area contributed by atoms with Gasteiger partial charge in [0.05, 0.1) is 0 Å². The minimum Gasteiger partial charge on any atom is -0.269 e. The molecule has 0 aliphatic carbocycles. The Bertz CT molecular complexity index is 61.1. The van der Waals surface area contributed by atoms with Crippen molar-refractivity contribution >= 4 is 21.6 Å². The van der Waals surface area contributed by atoms with E-state index in [1.807, 2.05) is 26.6 Å². The van der Waals surface area contributed by atoms with Gasteiger partial charge in [0.25, 0.3) is 0 Å². The quantitative estimate of drug-likeness (QED) is 0.403. The summed E-state index contributed by atoms with van der Waals surface area (Å²) in [6.45, 7) is 2.08. The third-order valence-electron chi connectivity index (χ3n) is 1.01. The first kappa shape index (κ1) is 6.74. The lowest BCUT2D eigenvalue weighted by Crippen LogP contribution is -2.33. The van der Waals surface area contributed by atoms with E-state index >= 15 is 0 Å². The number of rotatable bonds is 0. The number of nitrogens with two attached hydrogens (primary N) is 1. The van der Waals surface area contributed by atoms with Gasteiger partial charge in [-0.15, -0.1) is 0 Å². The van der Waals surface area contributed by atoms with Crippen molar-refractivity contribution in [3.8, 4) is 0 Å². The lowest BCUT2D eigenvalue weighted by Gasteiger charge is -2.09. The van der Waals surface area contributed by atoms with Gasteiger partial charge in [0, 0.05) is 24.6 Å². The summed E-state index contributed by atoms with van der Waals surface area (Å²) in [5.41, 5.74) is 0. The Kier molecular flexibility index (Phi) is 3.04. The van der Waals surface area contributed by atoms with Gasteiger partial charge in [0.15, 0.2) is 0 Å². The zero-order chi connectivity index (χ0) is 5.82. The van der Waals surface area contributed by atoms with Crippen LogP contribution in [0.2, 0.25) is 0 Å². The standard InChI is InChI=1S/C4H10N2S2/c5-6-1-3-7-8-4-2-6/h1-5H2. The van der Waals surface area contributed by atoms with Crippen LogP contribution < -0.4 is 5.84 Å². The first-order valence-electron chi connectivity index (χ1n) is 2.63. The van der Waals surface area contributed by atoms with Gasteiger partial charge in [-0.05, 0) is 0 Å². The summed E-state index contributed by atoms with van der Waals surface area (Å²) in [6.07, 6.45) is 0. The zero-order valence-corrected chi connectivity index (χ0v) is 6.30. The number of hydrogen-bond donors (Lipinski definition) is 1. The molecule has 1 fully saturated rings. The fraction of sp³-hybridized carbons (Fsp3) is 1.00. The van der Waals surface area contributed by atoms with Gasteiger partial charge in [0.1, 0.15) is 0 Å². The topological polar surface area (TPSA) is 29.3 Å². The molecule has 8 heavy (non-hydrogen) atoms. The Morgan fingerprint density at radius 1 is 1.12 bits per heavy atom. The van der Waals surface area contributed by atoms with E-state index in [9.17, 15) is 0 Å². The van der Waals surface area contributed by atoms with Crippen molar-refractivity contribution in [1.29, 1.82) is 0 Å².